The van der Waals surface area contributed by atoms with Crippen LogP contribution in [0.15, 0.2) is 36.4 Å². The molecule has 6 aliphatic rings. The highest BCUT2D eigenvalue weighted by molar-refractivity contribution is 6.22. The second-order valence-electron chi connectivity index (χ2n) is 9.06. The molecule has 4 fully saturated rings. The number of nitrogens with one attached hydrogen (secondary N) is 1. The van der Waals surface area contributed by atoms with Gasteiger partial charge in [0.1, 0.15) is 0 Å². The highest BCUT2D eigenvalue weighted by Gasteiger charge is 2.67. The van der Waals surface area contributed by atoms with Crippen LogP contribution in [0.4, 0.5) is 5.69 Å². The smallest absolute Gasteiger partial charge is 0.251 e. The summed E-state index contributed by atoms with van der Waals surface area (Å²) in [7, 11) is 0. The average Bonchev–Trinajstić information content (AvgIpc) is 3.33. The van der Waals surface area contributed by atoms with Crippen molar-refractivity contribution in [3.8, 4) is 0 Å². The van der Waals surface area contributed by atoms with E-state index in [1.165, 1.54) is 4.90 Å². The zero-order chi connectivity index (χ0) is 19.7. The number of anilines is 1. The van der Waals surface area contributed by atoms with Crippen LogP contribution in [0.2, 0.25) is 0 Å². The zero-order valence-corrected chi connectivity index (χ0v) is 16.1. The Labute approximate surface area is 169 Å². The molecule has 0 spiro atoms. The highest BCUT2D eigenvalue weighted by Crippen LogP contribution is 2.65. The van der Waals surface area contributed by atoms with Crippen LogP contribution < -0.4 is 10.2 Å². The summed E-state index contributed by atoms with van der Waals surface area (Å²) >= 11 is 0. The Morgan fingerprint density at radius 1 is 1.03 bits per heavy atom. The summed E-state index contributed by atoms with van der Waals surface area (Å²) in [5.74, 6) is 0.934. The van der Waals surface area contributed by atoms with Crippen LogP contribution in [0.1, 0.15) is 29.6 Å². The molecule has 2 heterocycles. The lowest BCUT2D eigenvalue weighted by Crippen LogP contribution is -2.40. The van der Waals surface area contributed by atoms with Gasteiger partial charge < -0.3 is 10.1 Å². The van der Waals surface area contributed by atoms with Crippen molar-refractivity contribution in [1.82, 2.24) is 5.32 Å². The minimum absolute atomic E-state index is 0.0692. The van der Waals surface area contributed by atoms with E-state index in [2.05, 4.69) is 17.5 Å². The van der Waals surface area contributed by atoms with Gasteiger partial charge in [0.2, 0.25) is 11.8 Å². The van der Waals surface area contributed by atoms with E-state index in [4.69, 9.17) is 4.74 Å². The summed E-state index contributed by atoms with van der Waals surface area (Å²) in [5, 5.41) is 2.90. The number of nitrogens with zero attached hydrogens (tertiary/aromatic N) is 1. The number of carbonyl (C=O) groups excluding carboxylic acids is 3. The molecular weight excluding hydrogens is 368 g/mol. The third-order valence-electron chi connectivity index (χ3n) is 7.56. The van der Waals surface area contributed by atoms with Crippen molar-refractivity contribution in [2.45, 2.75) is 25.4 Å². The number of allylic oxidation sites excluding steroid dienone is 2. The van der Waals surface area contributed by atoms with Crippen molar-refractivity contribution in [2.24, 2.45) is 35.5 Å². The van der Waals surface area contributed by atoms with Gasteiger partial charge in [0.05, 0.1) is 23.6 Å². The molecule has 2 saturated carbocycles. The Hall–Kier alpha value is -2.47. The first-order valence-corrected chi connectivity index (χ1v) is 10.7. The first kappa shape index (κ1) is 17.4. The molecule has 0 unspecified atom stereocenters. The van der Waals surface area contributed by atoms with Crippen molar-refractivity contribution in [2.75, 3.05) is 18.1 Å². The fourth-order valence-corrected chi connectivity index (χ4v) is 6.09. The van der Waals surface area contributed by atoms with E-state index in [0.717, 1.165) is 25.9 Å². The summed E-state index contributed by atoms with van der Waals surface area (Å²) in [6.07, 6.45) is 7.61. The molecule has 1 N–H and O–H groups in total. The van der Waals surface area contributed by atoms with Crippen LogP contribution in [0.3, 0.4) is 0 Å². The van der Waals surface area contributed by atoms with E-state index in [0.29, 0.717) is 29.6 Å². The molecule has 7 rings (SSSR count). The number of carbonyl (C=O) groups is 3. The Bertz CT molecular complexity index is 881. The number of hydrogen-bond acceptors (Lipinski definition) is 4. The van der Waals surface area contributed by atoms with E-state index in [9.17, 15) is 14.4 Å². The van der Waals surface area contributed by atoms with Gasteiger partial charge in [-0.1, -0.05) is 12.2 Å². The number of rotatable bonds is 4. The summed E-state index contributed by atoms with van der Waals surface area (Å²) < 4.78 is 5.53. The van der Waals surface area contributed by atoms with Crippen LogP contribution in [0, 0.1) is 35.5 Å². The minimum Gasteiger partial charge on any atom is -0.376 e. The molecule has 7 atom stereocenters. The van der Waals surface area contributed by atoms with Crippen LogP contribution in [0.5, 0.6) is 0 Å². The van der Waals surface area contributed by atoms with Crippen LogP contribution in [0.25, 0.3) is 0 Å². The standard InChI is InChI=1S/C23H24N2O4/c26-21(24-11-14-2-1-9-29-14)12-3-5-13(6-4-12)25-22(27)19-15-7-8-16(18-10-17(15)18)20(19)23(25)28/h3-8,14-20H,1-2,9-11H2,(H,24,26)/t14-,15-,16-,17-,18+,19+,20+/m0/s1. The molecule has 1 aromatic rings. The number of ether oxygens (including phenoxy) is 1. The molecule has 0 radical (unpaired) electrons. The molecule has 1 aromatic carbocycles. The molecule has 2 bridgehead atoms. The lowest BCUT2D eigenvalue weighted by Gasteiger charge is -2.37. The maximum atomic E-state index is 13.2. The van der Waals surface area contributed by atoms with Gasteiger partial charge in [-0.3, -0.25) is 19.3 Å². The van der Waals surface area contributed by atoms with Gasteiger partial charge in [-0.25, -0.2) is 0 Å². The molecule has 6 heteroatoms. The first-order valence-electron chi connectivity index (χ1n) is 10.7. The van der Waals surface area contributed by atoms with Crippen LogP contribution in [-0.2, 0) is 14.3 Å². The average molecular weight is 392 g/mol. The number of amides is 3. The lowest BCUT2D eigenvalue weighted by atomic mass is 9.63. The van der Waals surface area contributed by atoms with Gasteiger partial charge in [0, 0.05) is 18.7 Å². The molecule has 2 aliphatic heterocycles. The fraction of sp³-hybridized carbons (Fsp3) is 0.522. The topological polar surface area (TPSA) is 75.7 Å². The Morgan fingerprint density at radius 3 is 2.28 bits per heavy atom. The number of benzene rings is 1. The molecule has 150 valence electrons. The normalized spacial score (nSPS) is 38.9. The van der Waals surface area contributed by atoms with Gasteiger partial charge in [-0.05, 0) is 67.2 Å². The molecular formula is C23H24N2O4. The van der Waals surface area contributed by atoms with Gasteiger partial charge in [0.15, 0.2) is 0 Å². The fourth-order valence-electron chi connectivity index (χ4n) is 6.09. The van der Waals surface area contributed by atoms with E-state index in [1.807, 2.05) is 0 Å². The lowest BCUT2D eigenvalue weighted by molar-refractivity contribution is -0.124. The van der Waals surface area contributed by atoms with Crippen LogP contribution >= 0.6 is 0 Å². The summed E-state index contributed by atoms with van der Waals surface area (Å²) in [4.78, 5) is 40.0. The first-order chi connectivity index (χ1) is 14.1. The molecule has 29 heavy (non-hydrogen) atoms. The van der Waals surface area contributed by atoms with Gasteiger partial charge in [-0.2, -0.15) is 0 Å². The predicted octanol–water partition coefficient (Wildman–Crippen LogP) is 2.15. The highest BCUT2D eigenvalue weighted by atomic mass is 16.5. The quantitative estimate of drug-likeness (QED) is 0.629. The predicted molar refractivity (Wildman–Crippen MR) is 105 cm³/mol. The van der Waals surface area contributed by atoms with E-state index >= 15 is 0 Å². The number of imide groups is 1. The van der Waals surface area contributed by atoms with Gasteiger partial charge in [-0.15, -0.1) is 0 Å². The second-order valence-corrected chi connectivity index (χ2v) is 9.06. The third-order valence-corrected chi connectivity index (χ3v) is 7.56. The molecule has 3 amide bonds. The van der Waals surface area contributed by atoms with Gasteiger partial charge in [0.25, 0.3) is 5.91 Å². The van der Waals surface area contributed by atoms with Crippen LogP contribution in [-0.4, -0.2) is 37.0 Å². The maximum Gasteiger partial charge on any atom is 0.251 e. The largest absolute Gasteiger partial charge is 0.376 e. The maximum absolute atomic E-state index is 13.2. The molecule has 0 aromatic heterocycles. The van der Waals surface area contributed by atoms with Gasteiger partial charge >= 0.3 is 0 Å². The zero-order valence-electron chi connectivity index (χ0n) is 16.1. The van der Waals surface area contributed by atoms with Crippen molar-refractivity contribution >= 4 is 23.4 Å². The summed E-state index contributed by atoms with van der Waals surface area (Å²) in [6.45, 7) is 1.26. The summed E-state index contributed by atoms with van der Waals surface area (Å²) in [5.41, 5.74) is 1.09. The third kappa shape index (κ3) is 2.54. The molecule has 2 saturated heterocycles. The van der Waals surface area contributed by atoms with E-state index in [-0.39, 0.29) is 47.5 Å². The molecule has 4 aliphatic carbocycles. The number of hydrogen-bond donors (Lipinski definition) is 1. The van der Waals surface area contributed by atoms with Crippen molar-refractivity contribution in [3.63, 3.8) is 0 Å². The van der Waals surface area contributed by atoms with Crippen molar-refractivity contribution in [1.29, 1.82) is 0 Å². The summed E-state index contributed by atoms with van der Waals surface area (Å²) in [6, 6.07) is 6.80. The van der Waals surface area contributed by atoms with E-state index in [1.54, 1.807) is 24.3 Å². The SMILES string of the molecule is O=C(NC[C@@H]1CCCO1)c1ccc(N2C(=O)[C@@H]3[C@H]4C=C[C@@H]([C@@H]5C[C@H]45)[C@H]3C2=O)cc1. The minimum atomic E-state index is -0.198. The Kier molecular flexibility index (Phi) is 3.76. The molecule has 6 nitrogen and oxygen atoms in total. The van der Waals surface area contributed by atoms with Crippen molar-refractivity contribution < 1.29 is 19.1 Å². The van der Waals surface area contributed by atoms with Crippen molar-refractivity contribution in [3.05, 3.63) is 42.0 Å². The monoisotopic (exact) mass is 392 g/mol. The second kappa shape index (κ2) is 6.26. The Balaban J connectivity index is 1.18. The van der Waals surface area contributed by atoms with E-state index < -0.39 is 0 Å². The Morgan fingerprint density at radius 2 is 1.69 bits per heavy atom.